The Morgan fingerprint density at radius 2 is 1.75 bits per heavy atom. The van der Waals surface area contributed by atoms with E-state index in [1.165, 1.54) is 5.56 Å². The first-order valence-electron chi connectivity index (χ1n) is 8.30. The average Bonchev–Trinajstić information content (AvgIpc) is 2.92. The Balaban J connectivity index is 2.20. The van der Waals surface area contributed by atoms with Gasteiger partial charge >= 0.3 is 0 Å². The lowest BCUT2D eigenvalue weighted by Gasteiger charge is -2.19. The number of imidazole rings is 1. The van der Waals surface area contributed by atoms with E-state index in [0.717, 1.165) is 28.2 Å². The molecule has 0 saturated carbocycles. The Morgan fingerprint density at radius 3 is 2.33 bits per heavy atom. The molecule has 0 saturated heterocycles. The smallest absolute Gasteiger partial charge is 0.137 e. The van der Waals surface area contributed by atoms with Gasteiger partial charge in [-0.05, 0) is 36.5 Å². The quantitative estimate of drug-likeness (QED) is 0.649. The van der Waals surface area contributed by atoms with Crippen molar-refractivity contribution in [1.29, 1.82) is 5.26 Å². The molecule has 0 fully saturated rings. The van der Waals surface area contributed by atoms with Crippen molar-refractivity contribution in [2.24, 2.45) is 0 Å². The molecule has 0 aliphatic heterocycles. The van der Waals surface area contributed by atoms with Gasteiger partial charge in [-0.3, -0.25) is 0 Å². The lowest BCUT2D eigenvalue weighted by Crippen LogP contribution is -2.10. The molecule has 2 heterocycles. The van der Waals surface area contributed by atoms with E-state index in [1.807, 2.05) is 13.0 Å². The molecule has 1 atom stereocenters. The largest absolute Gasteiger partial charge is 0.302 e. The van der Waals surface area contributed by atoms with E-state index in [4.69, 9.17) is 4.98 Å². The summed E-state index contributed by atoms with van der Waals surface area (Å²) in [6.07, 6.45) is 2.05. The standard InChI is InChI=1S/C21H23N3/c1-14-6-11-18-23-19(20(15(2)12-22)24(18)13-14)16-7-9-17(10-8-16)21(3,4)5/h6-11,13,15H,1-5H3. The van der Waals surface area contributed by atoms with Gasteiger partial charge in [0, 0.05) is 11.8 Å². The van der Waals surface area contributed by atoms with E-state index in [1.54, 1.807) is 0 Å². The molecule has 0 radical (unpaired) electrons. The summed E-state index contributed by atoms with van der Waals surface area (Å²) in [7, 11) is 0. The lowest BCUT2D eigenvalue weighted by molar-refractivity contribution is 0.590. The summed E-state index contributed by atoms with van der Waals surface area (Å²) < 4.78 is 2.05. The summed E-state index contributed by atoms with van der Waals surface area (Å²) in [5.74, 6) is -0.223. The fourth-order valence-corrected chi connectivity index (χ4v) is 2.98. The molecule has 3 nitrogen and oxygen atoms in total. The topological polar surface area (TPSA) is 41.1 Å². The van der Waals surface area contributed by atoms with Crippen LogP contribution in [0.2, 0.25) is 0 Å². The summed E-state index contributed by atoms with van der Waals surface area (Å²) in [5, 5.41) is 9.47. The zero-order valence-electron chi connectivity index (χ0n) is 15.0. The number of hydrogen-bond donors (Lipinski definition) is 0. The lowest BCUT2D eigenvalue weighted by atomic mass is 9.86. The van der Waals surface area contributed by atoms with Gasteiger partial charge in [0.2, 0.25) is 0 Å². The predicted octanol–water partition coefficient (Wildman–Crippen LogP) is 5.23. The van der Waals surface area contributed by atoms with Crippen molar-refractivity contribution in [3.8, 4) is 17.3 Å². The van der Waals surface area contributed by atoms with Gasteiger partial charge in [0.15, 0.2) is 0 Å². The van der Waals surface area contributed by atoms with E-state index in [-0.39, 0.29) is 11.3 Å². The van der Waals surface area contributed by atoms with Crippen LogP contribution >= 0.6 is 0 Å². The summed E-state index contributed by atoms with van der Waals surface area (Å²) in [6.45, 7) is 10.6. The molecule has 24 heavy (non-hydrogen) atoms. The third kappa shape index (κ3) is 2.80. The van der Waals surface area contributed by atoms with Crippen LogP contribution in [0.4, 0.5) is 0 Å². The average molecular weight is 317 g/mol. The molecule has 0 N–H and O–H groups in total. The van der Waals surface area contributed by atoms with E-state index in [0.29, 0.717) is 0 Å². The molecule has 122 valence electrons. The highest BCUT2D eigenvalue weighted by Crippen LogP contribution is 2.32. The van der Waals surface area contributed by atoms with Crippen molar-refractivity contribution < 1.29 is 0 Å². The second-order valence-electron chi connectivity index (χ2n) is 7.46. The number of rotatable bonds is 2. The Labute approximate surface area is 143 Å². The summed E-state index contributed by atoms with van der Waals surface area (Å²) >= 11 is 0. The first kappa shape index (κ1) is 16.3. The molecule has 3 heteroatoms. The van der Waals surface area contributed by atoms with Crippen molar-refractivity contribution in [1.82, 2.24) is 9.38 Å². The van der Waals surface area contributed by atoms with Crippen LogP contribution in [0.1, 0.15) is 50.4 Å². The van der Waals surface area contributed by atoms with Crippen molar-refractivity contribution in [3.63, 3.8) is 0 Å². The van der Waals surface area contributed by atoms with Gasteiger partial charge < -0.3 is 4.40 Å². The molecule has 2 aromatic heterocycles. The van der Waals surface area contributed by atoms with Crippen LogP contribution in [0, 0.1) is 18.3 Å². The van der Waals surface area contributed by atoms with Gasteiger partial charge in [0.25, 0.3) is 0 Å². The van der Waals surface area contributed by atoms with Gasteiger partial charge in [0.1, 0.15) is 5.65 Å². The number of hydrogen-bond acceptors (Lipinski definition) is 2. The molecular formula is C21H23N3. The minimum absolute atomic E-state index is 0.122. The maximum Gasteiger partial charge on any atom is 0.137 e. The molecule has 3 aromatic rings. The number of benzene rings is 1. The fourth-order valence-electron chi connectivity index (χ4n) is 2.98. The van der Waals surface area contributed by atoms with Crippen molar-refractivity contribution in [2.45, 2.75) is 46.0 Å². The Morgan fingerprint density at radius 1 is 1.08 bits per heavy atom. The number of nitrogens with zero attached hydrogens (tertiary/aromatic N) is 3. The highest BCUT2D eigenvalue weighted by Gasteiger charge is 2.20. The van der Waals surface area contributed by atoms with Crippen LogP contribution in [0.15, 0.2) is 42.6 Å². The fraction of sp³-hybridized carbons (Fsp3) is 0.333. The molecule has 0 spiro atoms. The van der Waals surface area contributed by atoms with Crippen LogP contribution < -0.4 is 0 Å². The molecule has 1 aromatic carbocycles. The minimum Gasteiger partial charge on any atom is -0.302 e. The van der Waals surface area contributed by atoms with Crippen LogP contribution in [0.3, 0.4) is 0 Å². The molecular weight excluding hydrogens is 294 g/mol. The highest BCUT2D eigenvalue weighted by molar-refractivity contribution is 5.68. The molecule has 0 amide bonds. The Bertz CT molecular complexity index is 919. The van der Waals surface area contributed by atoms with Gasteiger partial charge in [0.05, 0.1) is 23.4 Å². The van der Waals surface area contributed by atoms with Gasteiger partial charge in [-0.15, -0.1) is 0 Å². The number of aromatic nitrogens is 2. The third-order valence-corrected chi connectivity index (χ3v) is 4.43. The van der Waals surface area contributed by atoms with Crippen LogP contribution in [-0.2, 0) is 5.41 Å². The number of fused-ring (bicyclic) bond motifs is 1. The van der Waals surface area contributed by atoms with Crippen molar-refractivity contribution in [2.75, 3.05) is 0 Å². The van der Waals surface area contributed by atoms with Crippen molar-refractivity contribution in [3.05, 3.63) is 59.4 Å². The molecule has 3 rings (SSSR count). The maximum atomic E-state index is 9.47. The molecule has 0 bridgehead atoms. The molecule has 0 aliphatic rings. The highest BCUT2D eigenvalue weighted by atomic mass is 15.0. The first-order chi connectivity index (χ1) is 11.3. The number of aryl methyl sites for hydroxylation is 1. The SMILES string of the molecule is Cc1ccc2nc(-c3ccc(C(C)(C)C)cc3)c(C(C)C#N)n2c1. The van der Waals surface area contributed by atoms with Gasteiger partial charge in [-0.25, -0.2) is 4.98 Å². The summed E-state index contributed by atoms with van der Waals surface area (Å²) in [6, 6.07) is 15.0. The number of nitriles is 1. The van der Waals surface area contributed by atoms with Gasteiger partial charge in [-0.1, -0.05) is 51.1 Å². The zero-order valence-corrected chi connectivity index (χ0v) is 15.0. The zero-order chi connectivity index (χ0) is 17.5. The second-order valence-corrected chi connectivity index (χ2v) is 7.46. The minimum atomic E-state index is -0.223. The van der Waals surface area contributed by atoms with E-state index in [9.17, 15) is 5.26 Å². The predicted molar refractivity (Wildman–Crippen MR) is 98.1 cm³/mol. The monoisotopic (exact) mass is 317 g/mol. The third-order valence-electron chi connectivity index (χ3n) is 4.43. The summed E-state index contributed by atoms with van der Waals surface area (Å²) in [5.41, 5.74) is 6.36. The van der Waals surface area contributed by atoms with E-state index in [2.05, 4.69) is 74.7 Å². The van der Waals surface area contributed by atoms with Crippen LogP contribution in [-0.4, -0.2) is 9.38 Å². The van der Waals surface area contributed by atoms with Crippen molar-refractivity contribution >= 4 is 5.65 Å². The normalized spacial score (nSPS) is 13.0. The van der Waals surface area contributed by atoms with Crippen LogP contribution in [0.5, 0.6) is 0 Å². The van der Waals surface area contributed by atoms with E-state index < -0.39 is 0 Å². The van der Waals surface area contributed by atoms with Gasteiger partial charge in [-0.2, -0.15) is 5.26 Å². The van der Waals surface area contributed by atoms with E-state index >= 15 is 0 Å². The Kier molecular flexibility index (Phi) is 3.93. The van der Waals surface area contributed by atoms with Crippen LogP contribution in [0.25, 0.3) is 16.9 Å². The second kappa shape index (κ2) is 5.79. The maximum absolute atomic E-state index is 9.47. The molecule has 1 unspecified atom stereocenters. The first-order valence-corrected chi connectivity index (χ1v) is 8.30. The summed E-state index contributed by atoms with van der Waals surface area (Å²) in [4.78, 5) is 4.80. The Hall–Kier alpha value is -2.60. The molecule has 0 aliphatic carbocycles. The number of pyridine rings is 1.